The van der Waals surface area contributed by atoms with Gasteiger partial charge in [-0.25, -0.2) is 4.98 Å². The van der Waals surface area contributed by atoms with Crippen molar-refractivity contribution in [1.29, 1.82) is 0 Å². The summed E-state index contributed by atoms with van der Waals surface area (Å²) in [5.74, 6) is 0.930. The van der Waals surface area contributed by atoms with Crippen molar-refractivity contribution in [2.45, 2.75) is 26.4 Å². The number of aryl methyl sites for hydroxylation is 2. The largest absolute Gasteiger partial charge is 0.385 e. The molecule has 0 unspecified atom stereocenters. The zero-order valence-electron chi connectivity index (χ0n) is 10.8. The number of hydrogen-bond acceptors (Lipinski definition) is 4. The van der Waals surface area contributed by atoms with Crippen molar-refractivity contribution >= 4 is 17.3 Å². The number of anilines is 1. The molecule has 0 aliphatic rings. The first kappa shape index (κ1) is 13.1. The first-order valence-corrected chi connectivity index (χ1v) is 6.96. The monoisotopic (exact) mass is 265 g/mol. The molecule has 0 fully saturated rings. The Morgan fingerprint density at radius 1 is 1.50 bits per heavy atom. The van der Waals surface area contributed by atoms with Crippen LogP contribution in [0.3, 0.4) is 0 Å². The molecule has 0 atom stereocenters. The summed E-state index contributed by atoms with van der Waals surface area (Å²) in [7, 11) is 1.73. The number of methoxy groups -OCH3 is 1. The number of aromatic nitrogens is 2. The van der Waals surface area contributed by atoms with Crippen molar-refractivity contribution in [2.75, 3.05) is 19.0 Å². The second kappa shape index (κ2) is 6.56. The lowest BCUT2D eigenvalue weighted by molar-refractivity contribution is 0.190. The van der Waals surface area contributed by atoms with E-state index in [1.165, 1.54) is 10.4 Å². The smallest absolute Gasteiger partial charge is 0.203 e. The maximum Gasteiger partial charge on any atom is 0.203 e. The Bertz CT molecular complexity index is 478. The van der Waals surface area contributed by atoms with Crippen LogP contribution in [-0.4, -0.2) is 23.3 Å². The molecular weight excluding hydrogens is 246 g/mol. The van der Waals surface area contributed by atoms with Gasteiger partial charge in [0.25, 0.3) is 0 Å². The van der Waals surface area contributed by atoms with Gasteiger partial charge in [-0.15, -0.1) is 11.3 Å². The minimum atomic E-state index is 0.779. The summed E-state index contributed by atoms with van der Waals surface area (Å²) in [6, 6.07) is 2.15. The van der Waals surface area contributed by atoms with E-state index in [0.717, 1.165) is 32.1 Å². The topological polar surface area (TPSA) is 39.1 Å². The summed E-state index contributed by atoms with van der Waals surface area (Å²) in [6.45, 7) is 4.69. The Balaban J connectivity index is 1.89. The molecule has 4 nitrogen and oxygen atoms in total. The van der Waals surface area contributed by atoms with Crippen molar-refractivity contribution < 1.29 is 4.74 Å². The molecule has 0 amide bonds. The number of imidazole rings is 1. The third-order valence-electron chi connectivity index (χ3n) is 2.84. The molecular formula is C13H19N3OS. The number of thiophene rings is 1. The number of hydrogen-bond donors (Lipinski definition) is 1. The SMILES string of the molecule is COCCCn1ccnc1NCc1sccc1C. The van der Waals surface area contributed by atoms with E-state index in [2.05, 4.69) is 33.2 Å². The lowest BCUT2D eigenvalue weighted by atomic mass is 10.3. The lowest BCUT2D eigenvalue weighted by Gasteiger charge is -2.09. The van der Waals surface area contributed by atoms with Gasteiger partial charge in [0.2, 0.25) is 5.95 Å². The van der Waals surface area contributed by atoms with Crippen molar-refractivity contribution in [3.8, 4) is 0 Å². The van der Waals surface area contributed by atoms with Gasteiger partial charge in [0.05, 0.1) is 6.54 Å². The van der Waals surface area contributed by atoms with E-state index in [1.54, 1.807) is 18.4 Å². The summed E-state index contributed by atoms with van der Waals surface area (Å²) >= 11 is 1.78. The summed E-state index contributed by atoms with van der Waals surface area (Å²) in [5.41, 5.74) is 1.34. The molecule has 0 aliphatic carbocycles. The second-order valence-electron chi connectivity index (χ2n) is 4.17. The molecule has 2 aromatic rings. The van der Waals surface area contributed by atoms with E-state index >= 15 is 0 Å². The summed E-state index contributed by atoms with van der Waals surface area (Å²) < 4.78 is 7.19. The summed E-state index contributed by atoms with van der Waals surface area (Å²) in [5, 5.41) is 5.51. The van der Waals surface area contributed by atoms with Gasteiger partial charge in [0, 0.05) is 37.5 Å². The molecule has 2 aromatic heterocycles. The highest BCUT2D eigenvalue weighted by atomic mass is 32.1. The maximum absolute atomic E-state index is 5.06. The highest BCUT2D eigenvalue weighted by Gasteiger charge is 2.04. The predicted molar refractivity (Wildman–Crippen MR) is 75.1 cm³/mol. The predicted octanol–water partition coefficient (Wildman–Crippen LogP) is 2.90. The third-order valence-corrected chi connectivity index (χ3v) is 3.86. The summed E-state index contributed by atoms with van der Waals surface area (Å²) in [4.78, 5) is 5.70. The average molecular weight is 265 g/mol. The zero-order valence-corrected chi connectivity index (χ0v) is 11.7. The molecule has 1 N–H and O–H groups in total. The van der Waals surface area contributed by atoms with Crippen LogP contribution in [0.15, 0.2) is 23.8 Å². The van der Waals surface area contributed by atoms with Crippen LogP contribution in [0.5, 0.6) is 0 Å². The normalized spacial score (nSPS) is 10.8. The number of rotatable bonds is 7. The van der Waals surface area contributed by atoms with E-state index in [9.17, 15) is 0 Å². The van der Waals surface area contributed by atoms with Gasteiger partial charge < -0.3 is 14.6 Å². The third kappa shape index (κ3) is 3.34. The van der Waals surface area contributed by atoms with E-state index < -0.39 is 0 Å². The van der Waals surface area contributed by atoms with Crippen LogP contribution in [-0.2, 0) is 17.8 Å². The first-order valence-electron chi connectivity index (χ1n) is 6.08. The standard InChI is InChI=1S/C13H19N3OS/c1-11-4-9-18-12(11)10-15-13-14-5-7-16(13)6-3-8-17-2/h4-5,7,9H,3,6,8,10H2,1-2H3,(H,14,15). The van der Waals surface area contributed by atoms with Gasteiger partial charge in [0.1, 0.15) is 0 Å². The highest BCUT2D eigenvalue weighted by molar-refractivity contribution is 7.10. The van der Waals surface area contributed by atoms with Crippen LogP contribution in [0.25, 0.3) is 0 Å². The Morgan fingerprint density at radius 3 is 3.11 bits per heavy atom. The number of nitrogens with one attached hydrogen (secondary N) is 1. The van der Waals surface area contributed by atoms with Crippen LogP contribution >= 0.6 is 11.3 Å². The van der Waals surface area contributed by atoms with Crippen LogP contribution in [0, 0.1) is 6.92 Å². The fraction of sp³-hybridized carbons (Fsp3) is 0.462. The average Bonchev–Trinajstić information content (AvgIpc) is 2.96. The van der Waals surface area contributed by atoms with Crippen molar-refractivity contribution in [1.82, 2.24) is 9.55 Å². The number of nitrogens with zero attached hydrogens (tertiary/aromatic N) is 2. The number of ether oxygens (including phenoxy) is 1. The summed E-state index contributed by atoms with van der Waals surface area (Å²) in [6.07, 6.45) is 4.83. The molecule has 0 saturated heterocycles. The fourth-order valence-corrected chi connectivity index (χ4v) is 2.63. The fourth-order valence-electron chi connectivity index (χ4n) is 1.78. The first-order chi connectivity index (χ1) is 8.81. The van der Waals surface area contributed by atoms with Crippen molar-refractivity contribution in [2.24, 2.45) is 0 Å². The van der Waals surface area contributed by atoms with Gasteiger partial charge >= 0.3 is 0 Å². The molecule has 2 rings (SSSR count). The van der Waals surface area contributed by atoms with Gasteiger partial charge in [-0.3, -0.25) is 0 Å². The van der Waals surface area contributed by atoms with E-state index in [-0.39, 0.29) is 0 Å². The van der Waals surface area contributed by atoms with E-state index in [1.807, 2.05) is 12.4 Å². The minimum Gasteiger partial charge on any atom is -0.385 e. The van der Waals surface area contributed by atoms with Crippen LogP contribution < -0.4 is 5.32 Å². The molecule has 98 valence electrons. The maximum atomic E-state index is 5.06. The second-order valence-corrected chi connectivity index (χ2v) is 5.17. The Labute approximate surface area is 112 Å². The molecule has 0 saturated carbocycles. The molecule has 18 heavy (non-hydrogen) atoms. The molecule has 0 aliphatic heterocycles. The van der Waals surface area contributed by atoms with Crippen molar-refractivity contribution in [3.63, 3.8) is 0 Å². The Hall–Kier alpha value is -1.33. The molecule has 0 aromatic carbocycles. The zero-order chi connectivity index (χ0) is 12.8. The van der Waals surface area contributed by atoms with E-state index in [0.29, 0.717) is 0 Å². The molecule has 0 bridgehead atoms. The van der Waals surface area contributed by atoms with Gasteiger partial charge in [0.15, 0.2) is 0 Å². The highest BCUT2D eigenvalue weighted by Crippen LogP contribution is 2.17. The van der Waals surface area contributed by atoms with Crippen LogP contribution in [0.2, 0.25) is 0 Å². The van der Waals surface area contributed by atoms with Crippen LogP contribution in [0.4, 0.5) is 5.95 Å². The van der Waals surface area contributed by atoms with Crippen molar-refractivity contribution in [3.05, 3.63) is 34.3 Å². The molecule has 0 radical (unpaired) electrons. The molecule has 0 spiro atoms. The van der Waals surface area contributed by atoms with Gasteiger partial charge in [-0.2, -0.15) is 0 Å². The Kier molecular flexibility index (Phi) is 4.78. The van der Waals surface area contributed by atoms with E-state index in [4.69, 9.17) is 4.74 Å². The molecule has 2 heterocycles. The molecule has 5 heteroatoms. The van der Waals surface area contributed by atoms with Gasteiger partial charge in [-0.05, 0) is 30.4 Å². The Morgan fingerprint density at radius 2 is 2.39 bits per heavy atom. The lowest BCUT2D eigenvalue weighted by Crippen LogP contribution is -2.08. The van der Waals surface area contributed by atoms with Crippen LogP contribution in [0.1, 0.15) is 16.9 Å². The quantitative estimate of drug-likeness (QED) is 0.782. The van der Waals surface area contributed by atoms with Gasteiger partial charge in [-0.1, -0.05) is 0 Å². The minimum absolute atomic E-state index is 0.779.